The van der Waals surface area contributed by atoms with E-state index in [-0.39, 0.29) is 5.54 Å². The van der Waals surface area contributed by atoms with Gasteiger partial charge in [-0.1, -0.05) is 37.3 Å². The molecule has 3 nitrogen and oxygen atoms in total. The van der Waals surface area contributed by atoms with E-state index in [0.717, 1.165) is 37.5 Å². The molecule has 0 bridgehead atoms. The first-order chi connectivity index (χ1) is 10.1. The second-order valence-corrected chi connectivity index (χ2v) is 7.19. The molecule has 1 aliphatic rings. The Hall–Kier alpha value is -1.23. The maximum atomic E-state index is 6.34. The van der Waals surface area contributed by atoms with Gasteiger partial charge in [-0.05, 0) is 18.9 Å². The van der Waals surface area contributed by atoms with E-state index >= 15 is 0 Å². The number of fused-ring (bicyclic) bond motifs is 1. The molecule has 0 aliphatic carbocycles. The number of nitrogens with zero attached hydrogens (tertiary/aromatic N) is 2. The van der Waals surface area contributed by atoms with E-state index in [9.17, 15) is 0 Å². The molecule has 4 heteroatoms. The summed E-state index contributed by atoms with van der Waals surface area (Å²) in [6.07, 6.45) is 1.96. The maximum absolute atomic E-state index is 6.34. The lowest BCUT2D eigenvalue weighted by molar-refractivity contribution is 0.247. The Kier molecular flexibility index (Phi) is 4.11. The molecular formula is C17H23N3S. The standard InChI is InChI=1S/C17H23N3S/c1-3-17(2,18)16-19-14-9-10-20(12-15(14)21-16)11-13-7-5-4-6-8-13/h4-8H,3,9-12,18H2,1-2H3. The highest BCUT2D eigenvalue weighted by Crippen LogP contribution is 2.32. The van der Waals surface area contributed by atoms with E-state index < -0.39 is 0 Å². The molecule has 2 N–H and O–H groups in total. The van der Waals surface area contributed by atoms with E-state index in [1.165, 1.54) is 16.1 Å². The molecule has 2 heterocycles. The smallest absolute Gasteiger partial charge is 0.113 e. The van der Waals surface area contributed by atoms with Crippen molar-refractivity contribution in [2.24, 2.45) is 5.73 Å². The molecule has 21 heavy (non-hydrogen) atoms. The number of hydrogen-bond acceptors (Lipinski definition) is 4. The quantitative estimate of drug-likeness (QED) is 0.942. The van der Waals surface area contributed by atoms with Crippen LogP contribution in [0.2, 0.25) is 0 Å². The molecule has 1 aromatic carbocycles. The van der Waals surface area contributed by atoms with Crippen LogP contribution in [0.4, 0.5) is 0 Å². The fraction of sp³-hybridized carbons (Fsp3) is 0.471. The molecule has 0 saturated heterocycles. The van der Waals surface area contributed by atoms with Crippen LogP contribution in [-0.4, -0.2) is 16.4 Å². The van der Waals surface area contributed by atoms with Crippen LogP contribution in [0.25, 0.3) is 0 Å². The van der Waals surface area contributed by atoms with Gasteiger partial charge in [0.25, 0.3) is 0 Å². The molecule has 0 amide bonds. The van der Waals surface area contributed by atoms with Gasteiger partial charge in [-0.25, -0.2) is 4.98 Å². The summed E-state index contributed by atoms with van der Waals surface area (Å²) in [6, 6.07) is 10.7. The molecule has 0 spiro atoms. The first-order valence-electron chi connectivity index (χ1n) is 7.62. The van der Waals surface area contributed by atoms with Crippen LogP contribution >= 0.6 is 11.3 Å². The molecule has 112 valence electrons. The van der Waals surface area contributed by atoms with Crippen molar-refractivity contribution in [3.8, 4) is 0 Å². The summed E-state index contributed by atoms with van der Waals surface area (Å²) in [7, 11) is 0. The summed E-state index contributed by atoms with van der Waals surface area (Å²) >= 11 is 1.80. The second-order valence-electron chi connectivity index (χ2n) is 6.11. The van der Waals surface area contributed by atoms with E-state index in [2.05, 4.69) is 49.1 Å². The van der Waals surface area contributed by atoms with Crippen LogP contribution in [0.5, 0.6) is 0 Å². The average molecular weight is 301 g/mol. The van der Waals surface area contributed by atoms with Crippen molar-refractivity contribution in [1.29, 1.82) is 0 Å². The van der Waals surface area contributed by atoms with Gasteiger partial charge in [0.2, 0.25) is 0 Å². The fourth-order valence-corrected chi connectivity index (χ4v) is 3.90. The zero-order chi connectivity index (χ0) is 14.9. The van der Waals surface area contributed by atoms with Crippen LogP contribution < -0.4 is 5.73 Å². The highest BCUT2D eigenvalue weighted by Gasteiger charge is 2.27. The van der Waals surface area contributed by atoms with Gasteiger partial charge >= 0.3 is 0 Å². The lowest BCUT2D eigenvalue weighted by Crippen LogP contribution is -2.31. The van der Waals surface area contributed by atoms with Crippen molar-refractivity contribution in [1.82, 2.24) is 9.88 Å². The Bertz CT molecular complexity index is 604. The third kappa shape index (κ3) is 3.18. The van der Waals surface area contributed by atoms with Crippen molar-refractivity contribution in [3.05, 3.63) is 51.5 Å². The van der Waals surface area contributed by atoms with Crippen molar-refractivity contribution in [3.63, 3.8) is 0 Å². The molecule has 1 aromatic heterocycles. The number of aromatic nitrogens is 1. The van der Waals surface area contributed by atoms with Crippen LogP contribution in [0.1, 0.15) is 41.4 Å². The molecule has 3 rings (SSSR count). The molecular weight excluding hydrogens is 278 g/mol. The molecule has 1 aliphatic heterocycles. The molecule has 1 atom stereocenters. The zero-order valence-electron chi connectivity index (χ0n) is 12.8. The van der Waals surface area contributed by atoms with Gasteiger partial charge in [0.1, 0.15) is 5.01 Å². The number of thiazole rings is 1. The summed E-state index contributed by atoms with van der Waals surface area (Å²) in [5.74, 6) is 0. The Morgan fingerprint density at radius 3 is 2.81 bits per heavy atom. The molecule has 0 radical (unpaired) electrons. The molecule has 1 unspecified atom stereocenters. The minimum atomic E-state index is -0.285. The van der Waals surface area contributed by atoms with E-state index in [4.69, 9.17) is 10.7 Å². The SMILES string of the molecule is CCC(C)(N)c1nc2c(s1)CN(Cc1ccccc1)CC2. The van der Waals surface area contributed by atoms with Crippen molar-refractivity contribution >= 4 is 11.3 Å². The average Bonchev–Trinajstić information content (AvgIpc) is 2.92. The van der Waals surface area contributed by atoms with Gasteiger partial charge < -0.3 is 5.73 Å². The van der Waals surface area contributed by atoms with Crippen LogP contribution in [0, 0.1) is 0 Å². The van der Waals surface area contributed by atoms with E-state index in [1.807, 2.05) is 0 Å². The van der Waals surface area contributed by atoms with Crippen LogP contribution in [0.3, 0.4) is 0 Å². The number of rotatable bonds is 4. The molecule has 0 saturated carbocycles. The zero-order valence-corrected chi connectivity index (χ0v) is 13.6. The minimum absolute atomic E-state index is 0.285. The van der Waals surface area contributed by atoms with E-state index in [1.54, 1.807) is 11.3 Å². The topological polar surface area (TPSA) is 42.1 Å². The minimum Gasteiger partial charge on any atom is -0.320 e. The molecule has 2 aromatic rings. The third-order valence-corrected chi connectivity index (χ3v) is 5.64. The Morgan fingerprint density at radius 2 is 2.10 bits per heavy atom. The first-order valence-corrected chi connectivity index (χ1v) is 8.44. The highest BCUT2D eigenvalue weighted by molar-refractivity contribution is 7.11. The largest absolute Gasteiger partial charge is 0.320 e. The predicted octanol–water partition coefficient (Wildman–Crippen LogP) is 3.29. The summed E-state index contributed by atoms with van der Waals surface area (Å²) < 4.78 is 0. The summed E-state index contributed by atoms with van der Waals surface area (Å²) in [6.45, 7) is 7.31. The normalized spacial score (nSPS) is 18.2. The van der Waals surface area contributed by atoms with Gasteiger partial charge in [0, 0.05) is 30.9 Å². The van der Waals surface area contributed by atoms with Gasteiger partial charge in [-0.3, -0.25) is 4.90 Å². The Morgan fingerprint density at radius 1 is 1.33 bits per heavy atom. The van der Waals surface area contributed by atoms with Crippen molar-refractivity contribution in [2.75, 3.05) is 6.54 Å². The monoisotopic (exact) mass is 301 g/mol. The van der Waals surface area contributed by atoms with Crippen molar-refractivity contribution < 1.29 is 0 Å². The highest BCUT2D eigenvalue weighted by atomic mass is 32.1. The lowest BCUT2D eigenvalue weighted by Gasteiger charge is -2.25. The van der Waals surface area contributed by atoms with Gasteiger partial charge in [-0.15, -0.1) is 11.3 Å². The second kappa shape index (κ2) is 5.87. The number of hydrogen-bond donors (Lipinski definition) is 1. The third-order valence-electron chi connectivity index (χ3n) is 4.28. The van der Waals surface area contributed by atoms with E-state index in [0.29, 0.717) is 0 Å². The van der Waals surface area contributed by atoms with Gasteiger partial charge in [0.05, 0.1) is 11.2 Å². The Balaban J connectivity index is 1.74. The lowest BCUT2D eigenvalue weighted by atomic mass is 10.0. The van der Waals surface area contributed by atoms with Gasteiger partial charge in [0.15, 0.2) is 0 Å². The van der Waals surface area contributed by atoms with Crippen molar-refractivity contribution in [2.45, 2.75) is 45.3 Å². The molecule has 0 fully saturated rings. The Labute approximate surface area is 130 Å². The summed E-state index contributed by atoms with van der Waals surface area (Å²) in [5, 5.41) is 1.09. The fourth-order valence-electron chi connectivity index (χ4n) is 2.62. The van der Waals surface area contributed by atoms with Gasteiger partial charge in [-0.2, -0.15) is 0 Å². The van der Waals surface area contributed by atoms with Crippen LogP contribution in [-0.2, 0) is 25.0 Å². The summed E-state index contributed by atoms with van der Waals surface area (Å²) in [4.78, 5) is 8.70. The first kappa shape index (κ1) is 14.7. The number of benzene rings is 1. The maximum Gasteiger partial charge on any atom is 0.113 e. The van der Waals surface area contributed by atoms with Crippen LogP contribution in [0.15, 0.2) is 30.3 Å². The number of nitrogens with two attached hydrogens (primary N) is 1. The summed E-state index contributed by atoms with van der Waals surface area (Å²) in [5.41, 5.74) is 8.70. The predicted molar refractivity (Wildman–Crippen MR) is 88.2 cm³/mol.